The van der Waals surface area contributed by atoms with E-state index in [2.05, 4.69) is 4.74 Å². The van der Waals surface area contributed by atoms with E-state index in [4.69, 9.17) is 4.74 Å². The van der Waals surface area contributed by atoms with Crippen LogP contribution in [0.25, 0.3) is 0 Å². The number of methoxy groups -OCH3 is 1. The highest BCUT2D eigenvalue weighted by atomic mass is 19.4. The van der Waals surface area contributed by atoms with E-state index >= 15 is 0 Å². The van der Waals surface area contributed by atoms with Crippen molar-refractivity contribution < 1.29 is 72.5 Å². The molecule has 2 N–H and O–H groups in total. The number of phenols is 1. The van der Waals surface area contributed by atoms with E-state index in [1.807, 2.05) is 0 Å². The summed E-state index contributed by atoms with van der Waals surface area (Å²) in [6.45, 7) is -2.73. The molecule has 0 unspecified atom stereocenters. The van der Waals surface area contributed by atoms with Gasteiger partial charge in [0.15, 0.2) is 11.5 Å². The molecule has 0 spiro atoms. The molecule has 3 rings (SSSR count). The van der Waals surface area contributed by atoms with Crippen LogP contribution >= 0.6 is 0 Å². The Morgan fingerprint density at radius 2 is 1.56 bits per heavy atom. The first-order valence-electron chi connectivity index (χ1n) is 12.2. The molecule has 45 heavy (non-hydrogen) atoms. The molecule has 0 aliphatic heterocycles. The van der Waals surface area contributed by atoms with Crippen LogP contribution in [0.1, 0.15) is 33.2 Å². The second-order valence-corrected chi connectivity index (χ2v) is 8.89. The van der Waals surface area contributed by atoms with Crippen molar-refractivity contribution in [3.05, 3.63) is 76.9 Å². The summed E-state index contributed by atoms with van der Waals surface area (Å²) in [4.78, 5) is 27.2. The summed E-state index contributed by atoms with van der Waals surface area (Å²) in [5.41, 5.74) is -11.2. The van der Waals surface area contributed by atoms with Crippen molar-refractivity contribution in [1.29, 1.82) is 0 Å². The summed E-state index contributed by atoms with van der Waals surface area (Å²) < 4.78 is 157. The number of para-hydroxylation sites is 1. The van der Waals surface area contributed by atoms with Crippen molar-refractivity contribution in [2.75, 3.05) is 23.9 Å². The van der Waals surface area contributed by atoms with E-state index in [0.717, 1.165) is 36.3 Å². The molecule has 0 aromatic heterocycles. The Balaban J connectivity index is 2.12. The van der Waals surface area contributed by atoms with Gasteiger partial charge in [-0.05, 0) is 43.3 Å². The fourth-order valence-corrected chi connectivity index (χ4v) is 4.15. The van der Waals surface area contributed by atoms with Crippen LogP contribution in [0.3, 0.4) is 0 Å². The lowest BCUT2D eigenvalue weighted by Gasteiger charge is -2.31. The first-order chi connectivity index (χ1) is 20.8. The Bertz CT molecular complexity index is 1580. The van der Waals surface area contributed by atoms with E-state index in [0.29, 0.717) is 6.07 Å². The van der Waals surface area contributed by atoms with Gasteiger partial charge < -0.3 is 24.8 Å². The number of hydrogen-bond donors (Lipinski definition) is 2. The highest BCUT2D eigenvalue weighted by Crippen LogP contribution is 2.55. The number of carbonyl (C=O) groups excluding carboxylic acids is 2. The number of halogens is 11. The van der Waals surface area contributed by atoms with Gasteiger partial charge in [-0.2, -0.15) is 35.1 Å². The smallest absolute Gasteiger partial charge is 0.435 e. The van der Waals surface area contributed by atoms with Gasteiger partial charge in [0.1, 0.15) is 23.1 Å². The standard InChI is InChI=1S/C27H19F11N2O5/c1-3-40(23(43)14-8-7-13(28)11-16(14)29)17-6-4-5-15(21(17)44-2)22(42)39-20-18(41)9-12(10-19(20)45-24(30)31)25(32,26(33,34)35)27(36,37)38/h4-11,24,41H,3H2,1-2H3,(H,39,42). The number of anilines is 2. The van der Waals surface area contributed by atoms with Gasteiger partial charge in [-0.1, -0.05) is 6.07 Å². The van der Waals surface area contributed by atoms with Gasteiger partial charge >= 0.3 is 24.6 Å². The minimum Gasteiger partial charge on any atom is -0.506 e. The van der Waals surface area contributed by atoms with E-state index < -0.39 is 99.8 Å². The normalized spacial score (nSPS) is 12.2. The number of hydrogen-bond acceptors (Lipinski definition) is 5. The first-order valence-corrected chi connectivity index (χ1v) is 12.2. The summed E-state index contributed by atoms with van der Waals surface area (Å²) in [6, 6.07) is 4.64. The third kappa shape index (κ3) is 6.68. The average Bonchev–Trinajstić information content (AvgIpc) is 2.92. The third-order valence-corrected chi connectivity index (χ3v) is 6.17. The van der Waals surface area contributed by atoms with Gasteiger partial charge in [0.05, 0.1) is 23.9 Å². The first kappa shape index (κ1) is 34.7. The molecule has 2 amide bonds. The van der Waals surface area contributed by atoms with Crippen LogP contribution < -0.4 is 19.7 Å². The van der Waals surface area contributed by atoms with Gasteiger partial charge in [-0.3, -0.25) is 9.59 Å². The zero-order valence-corrected chi connectivity index (χ0v) is 22.6. The number of aromatic hydroxyl groups is 1. The lowest BCUT2D eigenvalue weighted by molar-refractivity contribution is -0.348. The molecule has 18 heteroatoms. The summed E-state index contributed by atoms with van der Waals surface area (Å²) in [6.07, 6.45) is -13.4. The molecular weight excluding hydrogens is 641 g/mol. The largest absolute Gasteiger partial charge is 0.506 e. The van der Waals surface area contributed by atoms with Crippen molar-refractivity contribution in [3.8, 4) is 17.2 Å². The van der Waals surface area contributed by atoms with Crippen LogP contribution in [-0.4, -0.2) is 49.5 Å². The number of ether oxygens (including phenoxy) is 2. The van der Waals surface area contributed by atoms with Crippen molar-refractivity contribution in [2.24, 2.45) is 0 Å². The Kier molecular flexibility index (Phi) is 9.79. The topological polar surface area (TPSA) is 88.1 Å². The predicted octanol–water partition coefficient (Wildman–Crippen LogP) is 7.49. The number of nitrogens with one attached hydrogen (secondary N) is 1. The van der Waals surface area contributed by atoms with Gasteiger partial charge in [0, 0.05) is 18.2 Å². The van der Waals surface area contributed by atoms with Crippen LogP contribution in [-0.2, 0) is 5.67 Å². The SMILES string of the molecule is CCN(C(=O)c1ccc(F)cc1F)c1cccc(C(=O)Nc2c(O)cc(C(F)(C(F)(F)F)C(F)(F)F)cc2OC(F)F)c1OC. The monoisotopic (exact) mass is 660 g/mol. The highest BCUT2D eigenvalue weighted by Gasteiger charge is 2.73. The summed E-state index contributed by atoms with van der Waals surface area (Å²) >= 11 is 0. The maximum Gasteiger partial charge on any atom is 0.435 e. The number of phenolic OH excluding ortho intramolecular Hbond substituents is 1. The lowest BCUT2D eigenvalue weighted by Crippen LogP contribution is -2.50. The zero-order chi connectivity index (χ0) is 34.1. The summed E-state index contributed by atoms with van der Waals surface area (Å²) in [7, 11) is 0.999. The number of rotatable bonds is 9. The lowest BCUT2D eigenvalue weighted by atomic mass is 9.93. The van der Waals surface area contributed by atoms with Gasteiger partial charge in [-0.15, -0.1) is 0 Å². The van der Waals surface area contributed by atoms with Crippen LogP contribution in [0.15, 0.2) is 48.5 Å². The average molecular weight is 660 g/mol. The van der Waals surface area contributed by atoms with Gasteiger partial charge in [0.2, 0.25) is 0 Å². The molecule has 0 heterocycles. The number of amides is 2. The zero-order valence-electron chi connectivity index (χ0n) is 22.6. The molecule has 0 atom stereocenters. The molecule has 0 saturated carbocycles. The third-order valence-electron chi connectivity index (χ3n) is 6.17. The Labute approximate surface area is 245 Å². The maximum atomic E-state index is 14.6. The second kappa shape index (κ2) is 12.7. The molecule has 3 aromatic rings. The molecule has 0 aliphatic rings. The molecule has 0 bridgehead atoms. The van der Waals surface area contributed by atoms with Crippen molar-refractivity contribution in [1.82, 2.24) is 0 Å². The predicted molar refractivity (Wildman–Crippen MR) is 134 cm³/mol. The minimum atomic E-state index is -6.68. The van der Waals surface area contributed by atoms with E-state index in [-0.39, 0.29) is 12.2 Å². The number of carbonyl (C=O) groups is 2. The van der Waals surface area contributed by atoms with Gasteiger partial charge in [-0.25, -0.2) is 13.2 Å². The molecule has 3 aromatic carbocycles. The Morgan fingerprint density at radius 3 is 2.07 bits per heavy atom. The van der Waals surface area contributed by atoms with E-state index in [1.165, 1.54) is 13.0 Å². The molecule has 0 radical (unpaired) electrons. The molecule has 7 nitrogen and oxygen atoms in total. The van der Waals surface area contributed by atoms with Crippen LogP contribution in [0.4, 0.5) is 59.7 Å². The molecule has 244 valence electrons. The van der Waals surface area contributed by atoms with E-state index in [1.54, 1.807) is 5.32 Å². The van der Waals surface area contributed by atoms with Crippen LogP contribution in [0.2, 0.25) is 0 Å². The van der Waals surface area contributed by atoms with Crippen molar-refractivity contribution in [2.45, 2.75) is 31.6 Å². The highest BCUT2D eigenvalue weighted by molar-refractivity contribution is 6.11. The summed E-state index contributed by atoms with van der Waals surface area (Å²) in [5, 5.41) is 12.0. The number of alkyl halides is 9. The number of benzene rings is 3. The molecule has 0 aliphatic carbocycles. The maximum absolute atomic E-state index is 14.6. The fraction of sp³-hybridized carbons (Fsp3) is 0.259. The van der Waals surface area contributed by atoms with Crippen LogP contribution in [0.5, 0.6) is 17.2 Å². The Morgan fingerprint density at radius 1 is 0.933 bits per heavy atom. The quantitative estimate of drug-likeness (QED) is 0.184. The summed E-state index contributed by atoms with van der Waals surface area (Å²) in [5.74, 6) is -8.53. The Hall–Kier alpha value is -4.77. The molecular formula is C27H19F11N2O5. The molecule has 0 saturated heterocycles. The second-order valence-electron chi connectivity index (χ2n) is 8.89. The minimum absolute atomic E-state index is 0.199. The molecule has 0 fully saturated rings. The van der Waals surface area contributed by atoms with Crippen molar-refractivity contribution >= 4 is 23.2 Å². The number of nitrogens with zero attached hydrogens (tertiary/aromatic N) is 1. The van der Waals surface area contributed by atoms with Crippen molar-refractivity contribution in [3.63, 3.8) is 0 Å². The van der Waals surface area contributed by atoms with E-state index in [9.17, 15) is 63.0 Å². The fourth-order valence-electron chi connectivity index (χ4n) is 4.15. The van der Waals surface area contributed by atoms with Gasteiger partial charge in [0.25, 0.3) is 11.8 Å². The van der Waals surface area contributed by atoms with Crippen LogP contribution in [0, 0.1) is 11.6 Å².